The highest BCUT2D eigenvalue weighted by molar-refractivity contribution is 6.15. The van der Waals surface area contributed by atoms with Gasteiger partial charge in [0.2, 0.25) is 0 Å². The lowest BCUT2D eigenvalue weighted by Gasteiger charge is -2.18. The Morgan fingerprint density at radius 1 is 1.45 bits per heavy atom. The first-order valence-corrected chi connectivity index (χ1v) is 3.76. The van der Waals surface area contributed by atoms with Crippen LogP contribution in [0, 0.1) is 0 Å². The van der Waals surface area contributed by atoms with Gasteiger partial charge >= 0.3 is 5.97 Å². The molecule has 0 radical (unpaired) electrons. The van der Waals surface area contributed by atoms with Gasteiger partial charge in [0.15, 0.2) is 0 Å². The zero-order valence-electron chi connectivity index (χ0n) is 7.43. The molecule has 0 amide bonds. The number of carbonyl (C=O) groups excluding carboxylic acids is 1. The van der Waals surface area contributed by atoms with Crippen LogP contribution in [0.3, 0.4) is 0 Å². The van der Waals surface area contributed by atoms with Crippen molar-refractivity contribution in [1.82, 2.24) is 0 Å². The average molecular weight is 181 g/mol. The minimum Gasteiger partial charge on any atom is -0.273 e. The molecule has 0 N–H and O–H groups in total. The molecule has 0 saturated heterocycles. The Balaban J connectivity index is 0. The number of hydrogen-bond acceptors (Lipinski definition) is 2. The quantitative estimate of drug-likeness (QED) is 0.276. The van der Waals surface area contributed by atoms with Crippen molar-refractivity contribution in [2.45, 2.75) is 0 Å². The van der Waals surface area contributed by atoms with Crippen molar-refractivity contribution in [3.8, 4) is 0 Å². The van der Waals surface area contributed by atoms with Crippen LogP contribution in [-0.2, 0) is 9.63 Å². The number of alkyl halides is 1. The van der Waals surface area contributed by atoms with E-state index >= 15 is 0 Å². The Morgan fingerprint density at radius 3 is 1.91 bits per heavy atom. The predicted octanol–water partition coefficient (Wildman–Crippen LogP) is 1.19. The number of quaternary nitrogens is 1. The Kier molecular flexibility index (Phi) is 7.36. The van der Waals surface area contributed by atoms with Gasteiger partial charge in [-0.05, 0) is 0 Å². The fourth-order valence-corrected chi connectivity index (χ4v) is 0.307. The highest BCUT2D eigenvalue weighted by Crippen LogP contribution is 1.92. The van der Waals surface area contributed by atoms with Gasteiger partial charge in [-0.15, -0.1) is 16.2 Å². The third kappa shape index (κ3) is 12.6. The summed E-state index contributed by atoms with van der Waals surface area (Å²) in [6.07, 6.45) is 2.61. The van der Waals surface area contributed by atoms with E-state index in [1.165, 1.54) is 6.38 Å². The second-order valence-corrected chi connectivity index (χ2v) is 2.50. The van der Waals surface area contributed by atoms with Gasteiger partial charge in [-0.25, -0.2) is 4.79 Å². The molecule has 66 valence electrons. The van der Waals surface area contributed by atoms with Crippen molar-refractivity contribution < 1.29 is 14.3 Å². The summed E-state index contributed by atoms with van der Waals surface area (Å²) in [6, 6.07) is 0. The lowest BCUT2D eigenvalue weighted by Crippen LogP contribution is -2.36. The summed E-state index contributed by atoms with van der Waals surface area (Å²) in [6.45, 7) is 3.26. The molecule has 0 aliphatic heterocycles. The van der Waals surface area contributed by atoms with Crippen molar-refractivity contribution in [1.29, 1.82) is 0 Å². The maximum absolute atomic E-state index is 10.5. The second-order valence-electron chi connectivity index (χ2n) is 2.50. The van der Waals surface area contributed by atoms with Crippen molar-refractivity contribution in [3.05, 3.63) is 12.7 Å². The van der Waals surface area contributed by atoms with Gasteiger partial charge in [-0.2, -0.15) is 0 Å². The molecule has 0 atom stereocenters. The maximum atomic E-state index is 10.5. The number of nitrogens with zero attached hydrogens (tertiary/aromatic N) is 1. The van der Waals surface area contributed by atoms with Crippen LogP contribution in [0.15, 0.2) is 12.7 Å². The Bertz CT molecular complexity index is 129. The molecule has 11 heavy (non-hydrogen) atoms. The largest absolute Gasteiger partial charge is 0.389 e. The van der Waals surface area contributed by atoms with E-state index in [9.17, 15) is 4.79 Å². The van der Waals surface area contributed by atoms with E-state index in [1.807, 2.05) is 0 Å². The molecule has 3 nitrogen and oxygen atoms in total. The molecule has 0 saturated carbocycles. The summed E-state index contributed by atoms with van der Waals surface area (Å²) in [5.74, 6) is -0.400. The Labute approximate surface area is 72.7 Å². The van der Waals surface area contributed by atoms with Crippen molar-refractivity contribution in [2.24, 2.45) is 0 Å². The minimum atomic E-state index is -0.400. The first-order valence-electron chi connectivity index (χ1n) is 3.01. The lowest BCUT2D eigenvalue weighted by molar-refractivity contribution is -1.04. The smallest absolute Gasteiger partial charge is 0.273 e. The van der Waals surface area contributed by atoms with Gasteiger partial charge in [0.1, 0.15) is 21.1 Å². The highest BCUT2D eigenvalue weighted by Gasteiger charge is 2.11. The van der Waals surface area contributed by atoms with Crippen LogP contribution in [0.1, 0.15) is 0 Å². The van der Waals surface area contributed by atoms with Gasteiger partial charge in [0, 0.05) is 12.5 Å². The third-order valence-corrected chi connectivity index (χ3v) is 0.531. The molecule has 0 spiro atoms. The van der Waals surface area contributed by atoms with E-state index in [4.69, 9.17) is 4.84 Å². The van der Waals surface area contributed by atoms with Crippen LogP contribution in [0.2, 0.25) is 0 Å². The molecular formula is C7H15ClNO2+. The number of hydroxylamine groups is 3. The summed E-state index contributed by atoms with van der Waals surface area (Å²) in [5, 5.41) is 0. The molecule has 0 aliphatic rings. The SMILES string of the molecule is C=CC(=O)O[N+](C)(C)C.CCl. The second kappa shape index (κ2) is 6.19. The lowest BCUT2D eigenvalue weighted by atomic mass is 10.7. The topological polar surface area (TPSA) is 26.3 Å². The van der Waals surface area contributed by atoms with Crippen LogP contribution in [-0.4, -0.2) is 38.1 Å². The summed E-state index contributed by atoms with van der Waals surface area (Å²) in [4.78, 5) is 15.2. The van der Waals surface area contributed by atoms with E-state index in [1.54, 1.807) is 21.1 Å². The first kappa shape index (κ1) is 13.1. The molecular weight excluding hydrogens is 166 g/mol. The summed E-state index contributed by atoms with van der Waals surface area (Å²) in [7, 11) is 5.25. The predicted molar refractivity (Wildman–Crippen MR) is 46.1 cm³/mol. The third-order valence-electron chi connectivity index (χ3n) is 0.531. The van der Waals surface area contributed by atoms with Crippen molar-refractivity contribution in [3.63, 3.8) is 0 Å². The first-order chi connectivity index (χ1) is 4.95. The fraction of sp³-hybridized carbons (Fsp3) is 0.571. The van der Waals surface area contributed by atoms with E-state index in [-0.39, 0.29) is 4.65 Å². The van der Waals surface area contributed by atoms with E-state index in [0.29, 0.717) is 0 Å². The monoisotopic (exact) mass is 180 g/mol. The Hall–Kier alpha value is -0.540. The van der Waals surface area contributed by atoms with Crippen LogP contribution < -0.4 is 0 Å². The number of hydrogen-bond donors (Lipinski definition) is 0. The zero-order chi connectivity index (χ0) is 9.49. The van der Waals surface area contributed by atoms with Crippen LogP contribution in [0.5, 0.6) is 0 Å². The number of carbonyl (C=O) groups is 1. The van der Waals surface area contributed by atoms with Gasteiger partial charge in [0.05, 0.1) is 0 Å². The summed E-state index contributed by atoms with van der Waals surface area (Å²) in [5.41, 5.74) is 0. The molecule has 0 aromatic heterocycles. The van der Waals surface area contributed by atoms with E-state index in [2.05, 4.69) is 18.2 Å². The molecule has 0 bridgehead atoms. The van der Waals surface area contributed by atoms with Crippen molar-refractivity contribution in [2.75, 3.05) is 27.5 Å². The Morgan fingerprint density at radius 2 is 1.82 bits per heavy atom. The van der Waals surface area contributed by atoms with Crippen LogP contribution in [0.25, 0.3) is 0 Å². The summed E-state index contributed by atoms with van der Waals surface area (Å²) < 4.78 is 0.171. The van der Waals surface area contributed by atoms with Crippen LogP contribution >= 0.6 is 11.6 Å². The molecule has 0 unspecified atom stereocenters. The molecule has 0 aromatic carbocycles. The van der Waals surface area contributed by atoms with Gasteiger partial charge < -0.3 is 0 Å². The molecule has 0 rings (SSSR count). The maximum Gasteiger partial charge on any atom is 0.389 e. The molecule has 0 aromatic rings. The number of rotatable bonds is 2. The summed E-state index contributed by atoms with van der Waals surface area (Å²) >= 11 is 4.64. The zero-order valence-corrected chi connectivity index (χ0v) is 8.18. The van der Waals surface area contributed by atoms with Crippen LogP contribution in [0.4, 0.5) is 0 Å². The van der Waals surface area contributed by atoms with E-state index in [0.717, 1.165) is 6.08 Å². The molecule has 0 fully saturated rings. The standard InChI is InChI=1S/C6H12NO2.CH3Cl/c1-5-6(8)9-7(2,3)4;1-2/h5H,1H2,2-4H3;1H3/q+1;. The van der Waals surface area contributed by atoms with E-state index < -0.39 is 5.97 Å². The average Bonchev–Trinajstić information content (AvgIpc) is 1.89. The normalized spacial score (nSPS) is 9.18. The molecule has 4 heteroatoms. The highest BCUT2D eigenvalue weighted by atomic mass is 35.5. The number of halogens is 1. The minimum absolute atomic E-state index is 0.171. The molecule has 0 aliphatic carbocycles. The van der Waals surface area contributed by atoms with Gasteiger partial charge in [-0.1, -0.05) is 6.58 Å². The molecule has 0 heterocycles. The fourth-order valence-electron chi connectivity index (χ4n) is 0.307. The van der Waals surface area contributed by atoms with Gasteiger partial charge in [-0.3, -0.25) is 4.84 Å². The van der Waals surface area contributed by atoms with Crippen molar-refractivity contribution >= 4 is 17.6 Å². The van der Waals surface area contributed by atoms with Gasteiger partial charge in [0.25, 0.3) is 0 Å².